The van der Waals surface area contributed by atoms with Crippen molar-refractivity contribution in [3.05, 3.63) is 0 Å². The van der Waals surface area contributed by atoms with Crippen molar-refractivity contribution in [3.63, 3.8) is 0 Å². The third-order valence-electron chi connectivity index (χ3n) is 3.96. The molecule has 17 heavy (non-hydrogen) atoms. The number of hydrogen-bond donors (Lipinski definition) is 1. The second kappa shape index (κ2) is 5.83. The zero-order valence-corrected chi connectivity index (χ0v) is 10.9. The standard InChI is InChI=1S/C13H24N2O2/c1-3-12-11(6-8-17-12)13(16)15(2)9-10-5-4-7-14-10/h10-12,14H,3-9H2,1-2H3. The van der Waals surface area contributed by atoms with Crippen molar-refractivity contribution in [2.45, 2.75) is 44.8 Å². The summed E-state index contributed by atoms with van der Waals surface area (Å²) in [6, 6.07) is 0.492. The summed E-state index contributed by atoms with van der Waals surface area (Å²) in [6.07, 6.45) is 4.39. The van der Waals surface area contributed by atoms with E-state index in [1.54, 1.807) is 0 Å². The summed E-state index contributed by atoms with van der Waals surface area (Å²) in [5.41, 5.74) is 0. The fraction of sp³-hybridized carbons (Fsp3) is 0.923. The van der Waals surface area contributed by atoms with Gasteiger partial charge in [0, 0.05) is 26.2 Å². The molecule has 2 fully saturated rings. The lowest BCUT2D eigenvalue weighted by Crippen LogP contribution is -2.43. The van der Waals surface area contributed by atoms with Crippen LogP contribution in [-0.4, -0.2) is 49.7 Å². The fourth-order valence-corrected chi connectivity index (χ4v) is 2.95. The number of carbonyl (C=O) groups is 1. The highest BCUT2D eigenvalue weighted by Crippen LogP contribution is 2.25. The van der Waals surface area contributed by atoms with Gasteiger partial charge in [0.2, 0.25) is 5.91 Å². The van der Waals surface area contributed by atoms with Gasteiger partial charge in [-0.25, -0.2) is 0 Å². The Hall–Kier alpha value is -0.610. The molecule has 2 heterocycles. The molecule has 0 spiro atoms. The molecule has 0 aliphatic carbocycles. The fourth-order valence-electron chi connectivity index (χ4n) is 2.95. The van der Waals surface area contributed by atoms with E-state index in [1.165, 1.54) is 12.8 Å². The summed E-state index contributed by atoms with van der Waals surface area (Å²) in [5.74, 6) is 0.356. The normalized spacial score (nSPS) is 32.9. The zero-order valence-electron chi connectivity index (χ0n) is 10.9. The number of rotatable bonds is 4. The van der Waals surface area contributed by atoms with E-state index in [1.807, 2.05) is 11.9 Å². The molecule has 0 aromatic carbocycles. The topological polar surface area (TPSA) is 41.6 Å². The van der Waals surface area contributed by atoms with E-state index in [0.717, 1.165) is 32.5 Å². The molecule has 3 unspecified atom stereocenters. The third-order valence-corrected chi connectivity index (χ3v) is 3.96. The molecule has 3 atom stereocenters. The highest BCUT2D eigenvalue weighted by atomic mass is 16.5. The monoisotopic (exact) mass is 240 g/mol. The van der Waals surface area contributed by atoms with Crippen molar-refractivity contribution in [3.8, 4) is 0 Å². The summed E-state index contributed by atoms with van der Waals surface area (Å²) < 4.78 is 5.59. The highest BCUT2D eigenvalue weighted by molar-refractivity contribution is 5.79. The molecule has 2 saturated heterocycles. The quantitative estimate of drug-likeness (QED) is 0.797. The lowest BCUT2D eigenvalue weighted by atomic mass is 9.98. The van der Waals surface area contributed by atoms with Gasteiger partial charge < -0.3 is 15.0 Å². The minimum absolute atomic E-state index is 0.0893. The predicted molar refractivity (Wildman–Crippen MR) is 66.8 cm³/mol. The molecular formula is C13H24N2O2. The van der Waals surface area contributed by atoms with Crippen LogP contribution in [0.15, 0.2) is 0 Å². The highest BCUT2D eigenvalue weighted by Gasteiger charge is 2.35. The van der Waals surface area contributed by atoms with Gasteiger partial charge in [-0.1, -0.05) is 6.92 Å². The summed E-state index contributed by atoms with van der Waals surface area (Å²) in [4.78, 5) is 14.2. The molecule has 4 heteroatoms. The SMILES string of the molecule is CCC1OCCC1C(=O)N(C)CC1CCCN1. The molecule has 0 aromatic rings. The maximum atomic E-state index is 12.3. The van der Waals surface area contributed by atoms with Gasteiger partial charge in [0.1, 0.15) is 0 Å². The zero-order chi connectivity index (χ0) is 12.3. The molecule has 2 rings (SSSR count). The second-order valence-corrected chi connectivity index (χ2v) is 5.22. The first-order chi connectivity index (χ1) is 8.22. The van der Waals surface area contributed by atoms with Crippen LogP contribution in [0.5, 0.6) is 0 Å². The smallest absolute Gasteiger partial charge is 0.228 e. The Labute approximate surface area is 104 Å². The van der Waals surface area contributed by atoms with Crippen LogP contribution in [-0.2, 0) is 9.53 Å². The van der Waals surface area contributed by atoms with E-state index in [-0.39, 0.29) is 17.9 Å². The maximum absolute atomic E-state index is 12.3. The van der Waals surface area contributed by atoms with Crippen LogP contribution in [0.1, 0.15) is 32.6 Å². The summed E-state index contributed by atoms with van der Waals surface area (Å²) in [7, 11) is 1.92. The van der Waals surface area contributed by atoms with Crippen molar-refractivity contribution in [2.24, 2.45) is 5.92 Å². The van der Waals surface area contributed by atoms with E-state index in [9.17, 15) is 4.79 Å². The average molecular weight is 240 g/mol. The molecule has 2 aliphatic heterocycles. The second-order valence-electron chi connectivity index (χ2n) is 5.22. The molecule has 2 aliphatic rings. The van der Waals surface area contributed by atoms with Crippen molar-refractivity contribution < 1.29 is 9.53 Å². The molecular weight excluding hydrogens is 216 g/mol. The van der Waals surface area contributed by atoms with Gasteiger partial charge in [-0.2, -0.15) is 0 Å². The predicted octanol–water partition coefficient (Wildman–Crippen LogP) is 1.01. The van der Waals surface area contributed by atoms with Crippen LogP contribution in [0.4, 0.5) is 0 Å². The van der Waals surface area contributed by atoms with E-state index >= 15 is 0 Å². The van der Waals surface area contributed by atoms with Gasteiger partial charge in [-0.05, 0) is 32.2 Å². The van der Waals surface area contributed by atoms with Crippen LogP contribution >= 0.6 is 0 Å². The van der Waals surface area contributed by atoms with Gasteiger partial charge in [0.25, 0.3) is 0 Å². The van der Waals surface area contributed by atoms with E-state index in [4.69, 9.17) is 4.74 Å². The molecule has 1 amide bonds. The van der Waals surface area contributed by atoms with Crippen molar-refractivity contribution in [1.82, 2.24) is 10.2 Å². The molecule has 0 aromatic heterocycles. The largest absolute Gasteiger partial charge is 0.377 e. The molecule has 4 nitrogen and oxygen atoms in total. The first kappa shape index (κ1) is 12.8. The van der Waals surface area contributed by atoms with Crippen LogP contribution in [0, 0.1) is 5.92 Å². The molecule has 0 saturated carbocycles. The minimum Gasteiger partial charge on any atom is -0.377 e. The molecule has 1 N–H and O–H groups in total. The van der Waals surface area contributed by atoms with Gasteiger partial charge in [-0.15, -0.1) is 0 Å². The number of ether oxygens (including phenoxy) is 1. The Bertz CT molecular complexity index is 264. The summed E-state index contributed by atoms with van der Waals surface area (Å²) in [5, 5.41) is 3.43. The molecule has 0 bridgehead atoms. The Kier molecular flexibility index (Phi) is 4.40. The number of nitrogens with one attached hydrogen (secondary N) is 1. The Morgan fingerprint density at radius 1 is 1.47 bits per heavy atom. The van der Waals surface area contributed by atoms with Crippen LogP contribution in [0.3, 0.4) is 0 Å². The molecule has 0 radical (unpaired) electrons. The van der Waals surface area contributed by atoms with Gasteiger partial charge in [0.05, 0.1) is 12.0 Å². The Morgan fingerprint density at radius 3 is 2.94 bits per heavy atom. The number of nitrogens with zero attached hydrogens (tertiary/aromatic N) is 1. The first-order valence-electron chi connectivity index (χ1n) is 6.82. The lowest BCUT2D eigenvalue weighted by molar-refractivity contribution is -0.136. The Balaban J connectivity index is 1.85. The number of likely N-dealkylation sites (N-methyl/N-ethyl adjacent to an activating group) is 1. The minimum atomic E-state index is 0.0893. The van der Waals surface area contributed by atoms with Gasteiger partial charge in [-0.3, -0.25) is 4.79 Å². The maximum Gasteiger partial charge on any atom is 0.228 e. The number of carbonyl (C=O) groups excluding carboxylic acids is 1. The summed E-state index contributed by atoms with van der Waals surface area (Å²) >= 11 is 0. The average Bonchev–Trinajstić information content (AvgIpc) is 2.97. The number of hydrogen-bond acceptors (Lipinski definition) is 3. The van der Waals surface area contributed by atoms with E-state index < -0.39 is 0 Å². The lowest BCUT2D eigenvalue weighted by Gasteiger charge is -2.26. The van der Waals surface area contributed by atoms with Crippen LogP contribution in [0.25, 0.3) is 0 Å². The summed E-state index contributed by atoms with van der Waals surface area (Å²) in [6.45, 7) is 4.77. The van der Waals surface area contributed by atoms with Crippen molar-refractivity contribution >= 4 is 5.91 Å². The van der Waals surface area contributed by atoms with Crippen molar-refractivity contribution in [2.75, 3.05) is 26.7 Å². The van der Waals surface area contributed by atoms with Gasteiger partial charge in [0.15, 0.2) is 0 Å². The van der Waals surface area contributed by atoms with Crippen LogP contribution < -0.4 is 5.32 Å². The van der Waals surface area contributed by atoms with E-state index in [2.05, 4.69) is 12.2 Å². The first-order valence-corrected chi connectivity index (χ1v) is 6.82. The van der Waals surface area contributed by atoms with E-state index in [0.29, 0.717) is 6.04 Å². The Morgan fingerprint density at radius 2 is 2.29 bits per heavy atom. The van der Waals surface area contributed by atoms with Crippen molar-refractivity contribution in [1.29, 1.82) is 0 Å². The third kappa shape index (κ3) is 2.99. The molecule has 98 valence electrons. The van der Waals surface area contributed by atoms with Crippen LogP contribution in [0.2, 0.25) is 0 Å². The van der Waals surface area contributed by atoms with Gasteiger partial charge >= 0.3 is 0 Å². The number of amides is 1.